The molecular formula is C37H33ClF8N10O4S. The number of allylic oxidation sites excluding steroid dienone is 3. The molecule has 3 aliphatic rings. The Balaban J connectivity index is 1.31. The predicted octanol–water partition coefficient (Wildman–Crippen LogP) is 6.78. The second kappa shape index (κ2) is 14.8. The van der Waals surface area contributed by atoms with Gasteiger partial charge in [0.05, 0.1) is 39.6 Å². The van der Waals surface area contributed by atoms with Crippen LogP contribution in [0.2, 0.25) is 5.02 Å². The van der Waals surface area contributed by atoms with E-state index in [9.17, 15) is 44.3 Å². The minimum absolute atomic E-state index is 0.0117. The number of carbonyl (C=O) groups is 1. The van der Waals surface area contributed by atoms with Gasteiger partial charge < -0.3 is 5.32 Å². The topological polar surface area (TPSA) is 164 Å². The van der Waals surface area contributed by atoms with Crippen LogP contribution in [0.15, 0.2) is 58.8 Å². The van der Waals surface area contributed by atoms with E-state index in [1.54, 1.807) is 0 Å². The second-order valence-electron chi connectivity index (χ2n) is 15.4. The van der Waals surface area contributed by atoms with Gasteiger partial charge in [-0.15, -0.1) is 0 Å². The molecule has 1 saturated carbocycles. The first-order valence-corrected chi connectivity index (χ1v) is 20.7. The molecular weight excluding hydrogens is 868 g/mol. The van der Waals surface area contributed by atoms with Crippen molar-refractivity contribution in [2.24, 2.45) is 13.0 Å². The van der Waals surface area contributed by atoms with Gasteiger partial charge in [0.2, 0.25) is 15.9 Å². The van der Waals surface area contributed by atoms with Gasteiger partial charge in [0.1, 0.15) is 48.0 Å². The summed E-state index contributed by atoms with van der Waals surface area (Å²) in [7, 11) is -2.54. The summed E-state index contributed by atoms with van der Waals surface area (Å²) in [5, 5.41) is 14.6. The van der Waals surface area contributed by atoms with Crippen molar-refractivity contribution in [3.8, 4) is 17.1 Å². The summed E-state index contributed by atoms with van der Waals surface area (Å²) in [6, 6.07) is 3.32. The number of fused-ring (bicyclic) bond motifs is 4. The van der Waals surface area contributed by atoms with Gasteiger partial charge in [0, 0.05) is 44.1 Å². The molecule has 14 nitrogen and oxygen atoms in total. The fraction of sp³-hybridized carbons (Fsp3) is 0.405. The summed E-state index contributed by atoms with van der Waals surface area (Å²) < 4.78 is 147. The number of aryl methyl sites for hydroxylation is 1. The lowest BCUT2D eigenvalue weighted by Gasteiger charge is -2.25. The molecule has 3 unspecified atom stereocenters. The maximum atomic E-state index is 15.5. The molecule has 1 aromatic carbocycles. The van der Waals surface area contributed by atoms with Crippen LogP contribution in [0.3, 0.4) is 0 Å². The van der Waals surface area contributed by atoms with Crippen molar-refractivity contribution in [2.45, 2.75) is 75.7 Å². The first kappa shape index (κ1) is 42.1. The monoisotopic (exact) mass is 900 g/mol. The van der Waals surface area contributed by atoms with Gasteiger partial charge in [-0.05, 0) is 49.1 Å². The smallest absolute Gasteiger partial charge is 0.293 e. The highest BCUT2D eigenvalue weighted by atomic mass is 35.5. The van der Waals surface area contributed by atoms with Gasteiger partial charge in [-0.2, -0.15) is 24.1 Å². The molecule has 24 heteroatoms. The number of halogens is 9. The number of alkyl halides is 7. The minimum atomic E-state index is -3.94. The highest BCUT2D eigenvalue weighted by molar-refractivity contribution is 7.92. The van der Waals surface area contributed by atoms with Crippen LogP contribution in [0.1, 0.15) is 67.3 Å². The molecule has 2 N–H and O–H groups in total. The van der Waals surface area contributed by atoms with Crippen molar-refractivity contribution in [1.82, 2.24) is 44.2 Å². The lowest BCUT2D eigenvalue weighted by atomic mass is 9.95. The fourth-order valence-electron chi connectivity index (χ4n) is 8.11. The molecule has 4 aromatic heterocycles. The van der Waals surface area contributed by atoms with E-state index in [2.05, 4.69) is 30.3 Å². The van der Waals surface area contributed by atoms with Crippen molar-refractivity contribution in [3.63, 3.8) is 0 Å². The van der Waals surface area contributed by atoms with Gasteiger partial charge in [0.15, 0.2) is 5.82 Å². The minimum Gasteiger partial charge on any atom is -0.344 e. The number of amides is 1. The zero-order valence-corrected chi connectivity index (χ0v) is 33.6. The van der Waals surface area contributed by atoms with Crippen molar-refractivity contribution in [3.05, 3.63) is 92.2 Å². The fourth-order valence-corrected chi connectivity index (χ4v) is 8.85. The number of hydrogen-bond acceptors (Lipinski definition) is 8. The van der Waals surface area contributed by atoms with Gasteiger partial charge in [-0.1, -0.05) is 17.2 Å². The molecule has 324 valence electrons. The van der Waals surface area contributed by atoms with Crippen LogP contribution in [0.5, 0.6) is 0 Å². The molecule has 1 fully saturated rings. The molecule has 4 heterocycles. The number of aromatic nitrogens is 8. The predicted molar refractivity (Wildman–Crippen MR) is 204 cm³/mol. The molecule has 1 amide bonds. The second-order valence-corrected chi connectivity index (χ2v) is 17.5. The van der Waals surface area contributed by atoms with Crippen LogP contribution in [-0.2, 0) is 40.9 Å². The lowest BCUT2D eigenvalue weighted by molar-refractivity contribution is -0.123. The number of nitrogens with zero attached hydrogens (tertiary/aromatic N) is 8. The van der Waals surface area contributed by atoms with Crippen molar-refractivity contribution in [1.29, 1.82) is 0 Å². The van der Waals surface area contributed by atoms with Crippen LogP contribution in [0, 0.1) is 5.92 Å². The van der Waals surface area contributed by atoms with Crippen molar-refractivity contribution in [2.75, 3.05) is 11.0 Å². The van der Waals surface area contributed by atoms with Crippen LogP contribution in [-0.4, -0.2) is 71.6 Å². The van der Waals surface area contributed by atoms with E-state index < -0.39 is 107 Å². The highest BCUT2D eigenvalue weighted by Gasteiger charge is 2.67. The summed E-state index contributed by atoms with van der Waals surface area (Å²) in [6.07, 6.45) is -2.21. The number of hydrogen-bond donors (Lipinski definition) is 2. The Hall–Kier alpha value is -5.58. The molecule has 4 atom stereocenters. The summed E-state index contributed by atoms with van der Waals surface area (Å²) in [5.41, 5.74) is -3.24. The molecule has 0 aliphatic heterocycles. The number of nitrogens with one attached hydrogen (secondary N) is 2. The van der Waals surface area contributed by atoms with E-state index in [0.717, 1.165) is 27.6 Å². The van der Waals surface area contributed by atoms with E-state index in [0.29, 0.717) is 17.7 Å². The third kappa shape index (κ3) is 8.04. The maximum absolute atomic E-state index is 15.5. The van der Waals surface area contributed by atoms with E-state index in [4.69, 9.17) is 11.6 Å². The summed E-state index contributed by atoms with van der Waals surface area (Å²) >= 11 is 6.55. The Morgan fingerprint density at radius 3 is 2.54 bits per heavy atom. The van der Waals surface area contributed by atoms with Gasteiger partial charge in [-0.3, -0.25) is 32.9 Å². The van der Waals surface area contributed by atoms with Crippen molar-refractivity contribution < 1.29 is 48.3 Å². The van der Waals surface area contributed by atoms with Crippen LogP contribution in [0.25, 0.3) is 28.0 Å². The first-order valence-electron chi connectivity index (χ1n) is 18.4. The van der Waals surface area contributed by atoms with E-state index in [1.807, 2.05) is 0 Å². The maximum Gasteiger partial charge on any atom is 0.293 e. The number of anilines is 1. The first-order chi connectivity index (χ1) is 28.5. The highest BCUT2D eigenvalue weighted by Crippen LogP contribution is 2.68. The quantitative estimate of drug-likeness (QED) is 0.122. The standard InChI is InChI=1S/C37H33ClF8N10O4S/c1-36(43,44)15-54-7-6-22(49-54)23-13-27(58)56(25-5-4-21(38)29-31(25)53(2)51-34(29)52-61(3,59)60)35(48-23)24(10-16-8-17(39)11-18(40)9-16)47-26(57)14-55-32-28(30(50-55)33(41)42)19-12-20(19)37(32,45)46/h4-8,11,13,18-20,24,33H,9-10,12,14-15H2,1-3H3,(H,47,57)(H,51,52)/t18?,19?,20?,24-/m0/s1. The number of benzene rings is 1. The average molecular weight is 901 g/mol. The Bertz CT molecular complexity index is 2860. The number of carbonyl (C=O) groups excluding carboxylic acids is 1. The number of sulfonamides is 1. The van der Waals surface area contributed by atoms with Gasteiger partial charge in [-0.25, -0.2) is 39.7 Å². The van der Waals surface area contributed by atoms with Crippen LogP contribution >= 0.6 is 11.6 Å². The van der Waals surface area contributed by atoms with Gasteiger partial charge in [0.25, 0.3) is 23.8 Å². The molecule has 0 spiro atoms. The normalized spacial score (nSPS) is 20.0. The Morgan fingerprint density at radius 2 is 1.87 bits per heavy atom. The molecule has 3 aliphatic carbocycles. The summed E-state index contributed by atoms with van der Waals surface area (Å²) in [5.74, 6) is -11.6. The van der Waals surface area contributed by atoms with Gasteiger partial charge >= 0.3 is 0 Å². The lowest BCUT2D eigenvalue weighted by Crippen LogP contribution is -2.37. The molecule has 0 bridgehead atoms. The largest absolute Gasteiger partial charge is 0.344 e. The van der Waals surface area contributed by atoms with E-state index >= 15 is 8.78 Å². The van der Waals surface area contributed by atoms with Crippen LogP contribution in [0.4, 0.5) is 40.9 Å². The molecule has 0 saturated heterocycles. The SMILES string of the molecule is Cn1nc(NS(C)(=O)=O)c2c(Cl)ccc(-n3c([C@H](CC4=CC(F)=CC(F)C4)NC(=O)Cn4nc(C(F)F)c5c4C(F)(F)C4CC54)nc(-c4ccn(CC(C)(F)F)n4)cc3=O)c21. The van der Waals surface area contributed by atoms with E-state index in [-0.39, 0.29) is 62.2 Å². The molecule has 8 rings (SSSR count). The third-order valence-corrected chi connectivity index (χ3v) is 11.3. The van der Waals surface area contributed by atoms with Crippen LogP contribution < -0.4 is 15.6 Å². The van der Waals surface area contributed by atoms with Crippen molar-refractivity contribution >= 4 is 44.3 Å². The third-order valence-electron chi connectivity index (χ3n) is 10.4. The Labute approximate surface area is 344 Å². The zero-order chi connectivity index (χ0) is 44.1. The summed E-state index contributed by atoms with van der Waals surface area (Å²) in [4.78, 5) is 33.2. The molecule has 5 aromatic rings. The molecule has 0 radical (unpaired) electrons. The number of rotatable bonds is 13. The molecule has 61 heavy (non-hydrogen) atoms. The Kier molecular flexibility index (Phi) is 10.2. The average Bonchev–Trinajstić information content (AvgIpc) is 3.34. The van der Waals surface area contributed by atoms with E-state index in [1.165, 1.54) is 36.1 Å². The zero-order valence-electron chi connectivity index (χ0n) is 32.0. The summed E-state index contributed by atoms with van der Waals surface area (Å²) in [6.45, 7) is -1.23. The Morgan fingerprint density at radius 1 is 1.13 bits per heavy atom.